The van der Waals surface area contributed by atoms with Crippen molar-refractivity contribution < 1.29 is 14.6 Å². The highest BCUT2D eigenvalue weighted by Crippen LogP contribution is 2.19. The second-order valence-electron chi connectivity index (χ2n) is 4.98. The van der Waals surface area contributed by atoms with Gasteiger partial charge in [0.2, 0.25) is 0 Å². The van der Waals surface area contributed by atoms with Crippen molar-refractivity contribution in [3.63, 3.8) is 0 Å². The third-order valence-electron chi connectivity index (χ3n) is 2.73. The van der Waals surface area contributed by atoms with Gasteiger partial charge in [0.25, 0.3) is 5.91 Å². The minimum atomic E-state index is -0.441. The molecule has 0 spiro atoms. The zero-order valence-corrected chi connectivity index (χ0v) is 11.8. The van der Waals surface area contributed by atoms with E-state index in [2.05, 4.69) is 5.32 Å². The average molecular weight is 265 g/mol. The monoisotopic (exact) mass is 265 g/mol. The first kappa shape index (κ1) is 15.5. The van der Waals surface area contributed by atoms with Crippen molar-refractivity contribution in [1.29, 1.82) is 0 Å². The lowest BCUT2D eigenvalue weighted by Crippen LogP contribution is -2.31. The number of hydrogen-bond acceptors (Lipinski definition) is 3. The predicted octanol–water partition coefficient (Wildman–Crippen LogP) is 2.28. The molecule has 106 valence electrons. The SMILES string of the molecule is CCC(O)c1ccc(OCC(=O)NCC(C)C)cc1. The Bertz CT molecular complexity index is 387. The third kappa shape index (κ3) is 5.75. The molecule has 1 unspecified atom stereocenters. The van der Waals surface area contributed by atoms with Gasteiger partial charge in [-0.2, -0.15) is 0 Å². The molecule has 19 heavy (non-hydrogen) atoms. The minimum Gasteiger partial charge on any atom is -0.484 e. The van der Waals surface area contributed by atoms with Crippen LogP contribution in [0.2, 0.25) is 0 Å². The summed E-state index contributed by atoms with van der Waals surface area (Å²) in [5.74, 6) is 0.942. The van der Waals surface area contributed by atoms with Crippen LogP contribution in [0.5, 0.6) is 5.75 Å². The largest absolute Gasteiger partial charge is 0.484 e. The van der Waals surface area contributed by atoms with Crippen molar-refractivity contribution in [3.05, 3.63) is 29.8 Å². The van der Waals surface area contributed by atoms with E-state index < -0.39 is 6.10 Å². The number of carbonyl (C=O) groups is 1. The Labute approximate surface area is 114 Å². The standard InChI is InChI=1S/C15H23NO3/c1-4-14(17)12-5-7-13(8-6-12)19-10-15(18)16-9-11(2)3/h5-8,11,14,17H,4,9-10H2,1-3H3,(H,16,18). The molecule has 0 saturated carbocycles. The number of carbonyl (C=O) groups excluding carboxylic acids is 1. The Hall–Kier alpha value is -1.55. The van der Waals surface area contributed by atoms with Crippen LogP contribution in [0, 0.1) is 5.92 Å². The first-order chi connectivity index (χ1) is 9.02. The van der Waals surface area contributed by atoms with Crippen LogP contribution in [-0.4, -0.2) is 24.2 Å². The van der Waals surface area contributed by atoms with Gasteiger partial charge in [-0.05, 0) is 30.0 Å². The van der Waals surface area contributed by atoms with Crippen LogP contribution >= 0.6 is 0 Å². The second kappa shape index (κ2) is 7.79. The number of hydrogen-bond donors (Lipinski definition) is 2. The van der Waals surface area contributed by atoms with Crippen LogP contribution < -0.4 is 10.1 Å². The van der Waals surface area contributed by atoms with Crippen LogP contribution in [0.1, 0.15) is 38.9 Å². The molecule has 1 aromatic rings. The zero-order valence-electron chi connectivity index (χ0n) is 11.8. The molecule has 1 atom stereocenters. The maximum absolute atomic E-state index is 11.5. The first-order valence-corrected chi connectivity index (χ1v) is 6.70. The van der Waals surface area contributed by atoms with E-state index in [0.717, 1.165) is 5.56 Å². The van der Waals surface area contributed by atoms with Gasteiger partial charge in [-0.15, -0.1) is 0 Å². The quantitative estimate of drug-likeness (QED) is 0.795. The fourth-order valence-corrected chi connectivity index (χ4v) is 1.54. The van der Waals surface area contributed by atoms with E-state index in [-0.39, 0.29) is 12.5 Å². The fraction of sp³-hybridized carbons (Fsp3) is 0.533. The van der Waals surface area contributed by atoms with Gasteiger partial charge in [0.05, 0.1) is 6.10 Å². The van der Waals surface area contributed by atoms with Crippen molar-refractivity contribution in [2.45, 2.75) is 33.3 Å². The highest BCUT2D eigenvalue weighted by atomic mass is 16.5. The van der Waals surface area contributed by atoms with E-state index in [1.54, 1.807) is 12.1 Å². The van der Waals surface area contributed by atoms with Crippen molar-refractivity contribution in [1.82, 2.24) is 5.32 Å². The summed E-state index contributed by atoms with van der Waals surface area (Å²) >= 11 is 0. The molecule has 1 amide bonds. The van der Waals surface area contributed by atoms with E-state index in [1.807, 2.05) is 32.9 Å². The highest BCUT2D eigenvalue weighted by molar-refractivity contribution is 5.77. The van der Waals surface area contributed by atoms with Gasteiger partial charge in [-0.25, -0.2) is 0 Å². The van der Waals surface area contributed by atoms with Gasteiger partial charge >= 0.3 is 0 Å². The molecule has 0 radical (unpaired) electrons. The molecule has 0 aliphatic carbocycles. The average Bonchev–Trinajstić information content (AvgIpc) is 2.42. The highest BCUT2D eigenvalue weighted by Gasteiger charge is 2.06. The lowest BCUT2D eigenvalue weighted by atomic mass is 10.1. The van der Waals surface area contributed by atoms with Crippen molar-refractivity contribution in [2.24, 2.45) is 5.92 Å². The second-order valence-corrected chi connectivity index (χ2v) is 4.98. The summed E-state index contributed by atoms with van der Waals surface area (Å²) in [6, 6.07) is 7.17. The van der Waals surface area contributed by atoms with Crippen LogP contribution in [0.4, 0.5) is 0 Å². The molecule has 0 aliphatic rings. The summed E-state index contributed by atoms with van der Waals surface area (Å²) in [4.78, 5) is 11.5. The summed E-state index contributed by atoms with van der Waals surface area (Å²) in [6.45, 7) is 6.68. The van der Waals surface area contributed by atoms with E-state index >= 15 is 0 Å². The molecule has 0 heterocycles. The summed E-state index contributed by atoms with van der Waals surface area (Å²) in [7, 11) is 0. The number of aliphatic hydroxyl groups excluding tert-OH is 1. The molecule has 0 aliphatic heterocycles. The summed E-state index contributed by atoms with van der Waals surface area (Å²) in [6.07, 6.45) is 0.237. The summed E-state index contributed by atoms with van der Waals surface area (Å²) in [5.41, 5.74) is 0.860. The Kier molecular flexibility index (Phi) is 6.36. The molecule has 1 aromatic carbocycles. The number of benzene rings is 1. The molecule has 0 bridgehead atoms. The first-order valence-electron chi connectivity index (χ1n) is 6.70. The van der Waals surface area contributed by atoms with Gasteiger partial charge in [-0.1, -0.05) is 32.9 Å². The van der Waals surface area contributed by atoms with Crippen molar-refractivity contribution in [2.75, 3.05) is 13.2 Å². The molecule has 0 aromatic heterocycles. The van der Waals surface area contributed by atoms with Crippen molar-refractivity contribution >= 4 is 5.91 Å². The van der Waals surface area contributed by atoms with E-state index in [1.165, 1.54) is 0 Å². The van der Waals surface area contributed by atoms with Gasteiger partial charge in [0.15, 0.2) is 6.61 Å². The van der Waals surface area contributed by atoms with E-state index in [4.69, 9.17) is 4.74 Å². The molecular formula is C15H23NO3. The zero-order chi connectivity index (χ0) is 14.3. The topological polar surface area (TPSA) is 58.6 Å². The summed E-state index contributed by atoms with van der Waals surface area (Å²) < 4.78 is 5.37. The molecule has 2 N–H and O–H groups in total. The van der Waals surface area contributed by atoms with Gasteiger partial charge in [-0.3, -0.25) is 4.79 Å². The summed E-state index contributed by atoms with van der Waals surface area (Å²) in [5, 5.41) is 12.4. The van der Waals surface area contributed by atoms with Gasteiger partial charge < -0.3 is 15.2 Å². The lowest BCUT2D eigenvalue weighted by molar-refractivity contribution is -0.123. The Morgan fingerprint density at radius 1 is 1.32 bits per heavy atom. The molecule has 4 heteroatoms. The Balaban J connectivity index is 2.39. The molecular weight excluding hydrogens is 242 g/mol. The molecule has 0 fully saturated rings. The smallest absolute Gasteiger partial charge is 0.257 e. The van der Waals surface area contributed by atoms with Crippen LogP contribution in [0.3, 0.4) is 0 Å². The number of nitrogens with one attached hydrogen (secondary N) is 1. The fourth-order valence-electron chi connectivity index (χ4n) is 1.54. The Morgan fingerprint density at radius 3 is 2.47 bits per heavy atom. The minimum absolute atomic E-state index is 0.0163. The third-order valence-corrected chi connectivity index (χ3v) is 2.73. The number of rotatable bonds is 7. The van der Waals surface area contributed by atoms with Crippen LogP contribution in [-0.2, 0) is 4.79 Å². The maximum atomic E-state index is 11.5. The van der Waals surface area contributed by atoms with E-state index in [0.29, 0.717) is 24.6 Å². The maximum Gasteiger partial charge on any atom is 0.257 e. The van der Waals surface area contributed by atoms with Gasteiger partial charge in [0, 0.05) is 6.54 Å². The normalized spacial score (nSPS) is 12.3. The molecule has 0 saturated heterocycles. The number of ether oxygens (including phenoxy) is 1. The predicted molar refractivity (Wildman–Crippen MR) is 75.0 cm³/mol. The molecule has 4 nitrogen and oxygen atoms in total. The van der Waals surface area contributed by atoms with E-state index in [9.17, 15) is 9.90 Å². The lowest BCUT2D eigenvalue weighted by Gasteiger charge is -2.11. The van der Waals surface area contributed by atoms with Crippen molar-refractivity contribution in [3.8, 4) is 5.75 Å². The Morgan fingerprint density at radius 2 is 1.95 bits per heavy atom. The number of aliphatic hydroxyl groups is 1. The van der Waals surface area contributed by atoms with Gasteiger partial charge in [0.1, 0.15) is 5.75 Å². The number of amides is 1. The van der Waals surface area contributed by atoms with Crippen LogP contribution in [0.25, 0.3) is 0 Å². The van der Waals surface area contributed by atoms with Crippen LogP contribution in [0.15, 0.2) is 24.3 Å². The molecule has 1 rings (SSSR count).